The van der Waals surface area contributed by atoms with Gasteiger partial charge in [-0.05, 0) is 37.7 Å². The predicted octanol–water partition coefficient (Wildman–Crippen LogP) is 6.21. The molecule has 1 nitrogen and oxygen atoms in total. The molecule has 1 heterocycles. The Hall–Kier alpha value is -0.820. The lowest BCUT2D eigenvalue weighted by atomic mass is 9.90. The molecule has 1 aromatic rings. The monoisotopic (exact) mass is 288 g/mol. The van der Waals surface area contributed by atoms with Crippen molar-refractivity contribution in [2.24, 2.45) is 5.92 Å². The van der Waals surface area contributed by atoms with Crippen LogP contribution in [0.15, 0.2) is 24.3 Å². The van der Waals surface area contributed by atoms with Crippen LogP contribution < -0.4 is 0 Å². The van der Waals surface area contributed by atoms with Crippen molar-refractivity contribution in [3.8, 4) is 0 Å². The summed E-state index contributed by atoms with van der Waals surface area (Å²) in [7, 11) is 0. The van der Waals surface area contributed by atoms with Gasteiger partial charge in [-0.15, -0.1) is 0 Å². The molecule has 2 atom stereocenters. The average Bonchev–Trinajstić information content (AvgIpc) is 2.52. The topological polar surface area (TPSA) is 9.23 Å². The summed E-state index contributed by atoms with van der Waals surface area (Å²) in [4.78, 5) is 0. The van der Waals surface area contributed by atoms with Crippen molar-refractivity contribution in [2.75, 3.05) is 6.61 Å². The number of unbranched alkanes of at least 4 members (excludes halogenated alkanes) is 5. The third-order valence-electron chi connectivity index (χ3n) is 4.79. The molecule has 1 heteroatoms. The maximum atomic E-state index is 6.11. The highest BCUT2D eigenvalue weighted by molar-refractivity contribution is 5.23. The molecule has 0 spiro atoms. The summed E-state index contributed by atoms with van der Waals surface area (Å²) in [6.45, 7) is 5.39. The molecule has 1 fully saturated rings. The molecule has 0 aliphatic carbocycles. The quantitative estimate of drug-likeness (QED) is 0.516. The van der Waals surface area contributed by atoms with Crippen molar-refractivity contribution in [3.63, 3.8) is 0 Å². The normalized spacial score (nSPS) is 22.4. The van der Waals surface area contributed by atoms with Crippen molar-refractivity contribution in [1.29, 1.82) is 0 Å². The summed E-state index contributed by atoms with van der Waals surface area (Å²) in [5, 5.41) is 0. The van der Waals surface area contributed by atoms with E-state index in [0.29, 0.717) is 6.10 Å². The minimum atomic E-state index is 0.339. The Bertz CT molecular complexity index is 373. The number of hydrogen-bond acceptors (Lipinski definition) is 1. The summed E-state index contributed by atoms with van der Waals surface area (Å²) >= 11 is 0. The number of rotatable bonds is 8. The molecule has 1 aliphatic heterocycles. The van der Waals surface area contributed by atoms with Gasteiger partial charge in [0.15, 0.2) is 0 Å². The molecule has 0 bridgehead atoms. The Balaban J connectivity index is 1.61. The van der Waals surface area contributed by atoms with Gasteiger partial charge in [0.05, 0.1) is 12.7 Å². The molecule has 0 radical (unpaired) electrons. The molecule has 0 amide bonds. The van der Waals surface area contributed by atoms with Crippen LogP contribution in [0.1, 0.15) is 81.9 Å². The minimum absolute atomic E-state index is 0.339. The standard InChI is InChI=1S/C20H32O/c1-3-4-5-6-7-8-9-18-12-15-20(21-16-18)19-13-10-17(2)11-14-19/h10-11,13-14,18,20H,3-9,12,15-16H2,1-2H3. The molecule has 0 saturated carbocycles. The zero-order valence-corrected chi connectivity index (χ0v) is 13.9. The van der Waals surface area contributed by atoms with Crippen molar-refractivity contribution in [3.05, 3.63) is 35.4 Å². The third-order valence-corrected chi connectivity index (χ3v) is 4.79. The minimum Gasteiger partial charge on any atom is -0.373 e. The van der Waals surface area contributed by atoms with Crippen molar-refractivity contribution in [2.45, 2.75) is 77.7 Å². The Morgan fingerprint density at radius 3 is 2.33 bits per heavy atom. The largest absolute Gasteiger partial charge is 0.373 e. The molecular weight excluding hydrogens is 256 g/mol. The number of aryl methyl sites for hydroxylation is 1. The summed E-state index contributed by atoms with van der Waals surface area (Å²) in [5.41, 5.74) is 2.69. The first-order chi connectivity index (χ1) is 10.3. The Labute approximate surface area is 131 Å². The van der Waals surface area contributed by atoms with Crippen LogP contribution in [0.5, 0.6) is 0 Å². The van der Waals surface area contributed by atoms with Crippen LogP contribution in [0.2, 0.25) is 0 Å². The van der Waals surface area contributed by atoms with E-state index in [1.165, 1.54) is 68.9 Å². The van der Waals surface area contributed by atoms with Crippen LogP contribution in [0.25, 0.3) is 0 Å². The highest BCUT2D eigenvalue weighted by Gasteiger charge is 2.22. The van der Waals surface area contributed by atoms with E-state index in [-0.39, 0.29) is 0 Å². The van der Waals surface area contributed by atoms with Gasteiger partial charge < -0.3 is 4.74 Å². The Morgan fingerprint density at radius 1 is 0.952 bits per heavy atom. The summed E-state index contributed by atoms with van der Waals surface area (Å²) in [6.07, 6.45) is 12.7. The Morgan fingerprint density at radius 2 is 1.67 bits per heavy atom. The highest BCUT2D eigenvalue weighted by atomic mass is 16.5. The van der Waals surface area contributed by atoms with Crippen molar-refractivity contribution < 1.29 is 4.74 Å². The fourth-order valence-electron chi connectivity index (χ4n) is 3.29. The molecule has 118 valence electrons. The molecule has 2 unspecified atom stereocenters. The smallest absolute Gasteiger partial charge is 0.0825 e. The molecule has 2 rings (SSSR count). The lowest BCUT2D eigenvalue weighted by molar-refractivity contribution is -0.0199. The van der Waals surface area contributed by atoms with Crippen LogP contribution in [0.4, 0.5) is 0 Å². The van der Waals surface area contributed by atoms with E-state index < -0.39 is 0 Å². The zero-order valence-electron chi connectivity index (χ0n) is 13.9. The van der Waals surface area contributed by atoms with E-state index in [4.69, 9.17) is 4.74 Å². The van der Waals surface area contributed by atoms with Crippen LogP contribution >= 0.6 is 0 Å². The molecule has 1 aromatic carbocycles. The van der Waals surface area contributed by atoms with Crippen molar-refractivity contribution >= 4 is 0 Å². The van der Waals surface area contributed by atoms with E-state index in [2.05, 4.69) is 38.1 Å². The first-order valence-electron chi connectivity index (χ1n) is 8.97. The van der Waals surface area contributed by atoms with E-state index in [0.717, 1.165) is 12.5 Å². The van der Waals surface area contributed by atoms with Gasteiger partial charge in [0.25, 0.3) is 0 Å². The van der Waals surface area contributed by atoms with Gasteiger partial charge in [-0.1, -0.05) is 75.3 Å². The lowest BCUT2D eigenvalue weighted by Crippen LogP contribution is -2.20. The molecular formula is C20H32O. The van der Waals surface area contributed by atoms with Crippen LogP contribution in [-0.4, -0.2) is 6.61 Å². The SMILES string of the molecule is CCCCCCCCC1CCC(c2ccc(C)cc2)OC1. The van der Waals surface area contributed by atoms with E-state index in [1.54, 1.807) is 0 Å². The summed E-state index contributed by atoms with van der Waals surface area (Å²) < 4.78 is 6.11. The third kappa shape index (κ3) is 5.82. The first-order valence-corrected chi connectivity index (χ1v) is 8.97. The molecule has 0 N–H and O–H groups in total. The molecule has 1 saturated heterocycles. The molecule has 21 heavy (non-hydrogen) atoms. The van der Waals surface area contributed by atoms with E-state index in [9.17, 15) is 0 Å². The van der Waals surface area contributed by atoms with Gasteiger partial charge in [0.1, 0.15) is 0 Å². The lowest BCUT2D eigenvalue weighted by Gasteiger charge is -2.29. The maximum Gasteiger partial charge on any atom is 0.0825 e. The van der Waals surface area contributed by atoms with Gasteiger partial charge in [0.2, 0.25) is 0 Å². The van der Waals surface area contributed by atoms with E-state index in [1.807, 2.05) is 0 Å². The second kappa shape index (κ2) is 9.25. The second-order valence-corrected chi connectivity index (χ2v) is 6.73. The fraction of sp³-hybridized carbons (Fsp3) is 0.700. The maximum absolute atomic E-state index is 6.11. The average molecular weight is 288 g/mol. The first kappa shape index (κ1) is 16.5. The summed E-state index contributed by atoms with van der Waals surface area (Å²) in [5.74, 6) is 0.804. The number of ether oxygens (including phenoxy) is 1. The molecule has 0 aromatic heterocycles. The van der Waals surface area contributed by atoms with Gasteiger partial charge >= 0.3 is 0 Å². The Kier molecular flexibility index (Phi) is 7.29. The van der Waals surface area contributed by atoms with Gasteiger partial charge in [0, 0.05) is 0 Å². The van der Waals surface area contributed by atoms with Crippen LogP contribution in [0, 0.1) is 12.8 Å². The van der Waals surface area contributed by atoms with Crippen LogP contribution in [-0.2, 0) is 4.74 Å². The number of hydrogen-bond donors (Lipinski definition) is 0. The van der Waals surface area contributed by atoms with Gasteiger partial charge in [-0.2, -0.15) is 0 Å². The summed E-state index contributed by atoms with van der Waals surface area (Å²) in [6, 6.07) is 8.85. The van der Waals surface area contributed by atoms with Crippen LogP contribution in [0.3, 0.4) is 0 Å². The highest BCUT2D eigenvalue weighted by Crippen LogP contribution is 2.32. The van der Waals surface area contributed by atoms with Gasteiger partial charge in [-0.25, -0.2) is 0 Å². The number of benzene rings is 1. The van der Waals surface area contributed by atoms with Gasteiger partial charge in [-0.3, -0.25) is 0 Å². The molecule has 1 aliphatic rings. The fourth-order valence-corrected chi connectivity index (χ4v) is 3.29. The van der Waals surface area contributed by atoms with E-state index >= 15 is 0 Å². The zero-order chi connectivity index (χ0) is 14.9. The predicted molar refractivity (Wildman–Crippen MR) is 90.6 cm³/mol. The van der Waals surface area contributed by atoms with Crippen molar-refractivity contribution in [1.82, 2.24) is 0 Å². The second-order valence-electron chi connectivity index (χ2n) is 6.73.